The zero-order valence-electron chi connectivity index (χ0n) is 23.1. The summed E-state index contributed by atoms with van der Waals surface area (Å²) in [6.45, 7) is 0.126. The van der Waals surface area contributed by atoms with Crippen molar-refractivity contribution < 1.29 is 4.42 Å². The van der Waals surface area contributed by atoms with Crippen molar-refractivity contribution in [1.82, 2.24) is 0 Å². The van der Waals surface area contributed by atoms with E-state index >= 15 is 0 Å². The smallest absolute Gasteiger partial charge is 0.264 e. The number of anilines is 6. The molecule has 10 rings (SSSR count). The van der Waals surface area contributed by atoms with E-state index < -0.39 is 0 Å². The Morgan fingerprint density at radius 2 is 1.16 bits per heavy atom. The second-order valence-corrected chi connectivity index (χ2v) is 12.4. The highest BCUT2D eigenvalue weighted by Gasteiger charge is 2.45. The van der Waals surface area contributed by atoms with Crippen LogP contribution in [0, 0.1) is 0 Å². The van der Waals surface area contributed by atoms with E-state index in [4.69, 9.17) is 4.42 Å². The zero-order chi connectivity index (χ0) is 28.1. The molecule has 200 valence electrons. The van der Waals surface area contributed by atoms with Gasteiger partial charge in [0, 0.05) is 48.4 Å². The Labute approximate surface area is 252 Å². The molecule has 5 heteroatoms. The summed E-state index contributed by atoms with van der Waals surface area (Å²) in [4.78, 5) is 4.91. The first-order valence-corrected chi connectivity index (χ1v) is 15.5. The molecule has 0 unspecified atom stereocenters. The van der Waals surface area contributed by atoms with E-state index in [0.717, 1.165) is 27.6 Å². The van der Waals surface area contributed by atoms with Gasteiger partial charge in [0.2, 0.25) is 0 Å². The Bertz CT molecular complexity index is 2390. The lowest BCUT2D eigenvalue weighted by molar-refractivity contribution is 0.669. The molecule has 2 aliphatic rings. The molecule has 6 aromatic carbocycles. The number of furan rings is 1. The third-order valence-electron chi connectivity index (χ3n) is 9.04. The van der Waals surface area contributed by atoms with Crippen molar-refractivity contribution in [3.8, 4) is 0 Å². The van der Waals surface area contributed by atoms with Crippen LogP contribution in [-0.4, -0.2) is 6.71 Å². The highest BCUT2D eigenvalue weighted by molar-refractivity contribution is 7.33. The number of para-hydroxylation sites is 4. The van der Waals surface area contributed by atoms with E-state index in [-0.39, 0.29) is 6.71 Å². The lowest BCUT2D eigenvalue weighted by Gasteiger charge is -2.42. The third kappa shape index (κ3) is 3.09. The van der Waals surface area contributed by atoms with Gasteiger partial charge in [-0.25, -0.2) is 0 Å². The lowest BCUT2D eigenvalue weighted by Crippen LogP contribution is -2.60. The quantitative estimate of drug-likeness (QED) is 0.195. The van der Waals surface area contributed by atoms with Crippen LogP contribution in [0.3, 0.4) is 0 Å². The zero-order valence-corrected chi connectivity index (χ0v) is 23.9. The van der Waals surface area contributed by atoms with Crippen LogP contribution < -0.4 is 25.5 Å². The van der Waals surface area contributed by atoms with Gasteiger partial charge < -0.3 is 14.2 Å². The van der Waals surface area contributed by atoms with Crippen LogP contribution >= 0.6 is 11.3 Å². The molecule has 0 fully saturated rings. The van der Waals surface area contributed by atoms with Gasteiger partial charge in [-0.3, -0.25) is 0 Å². The maximum absolute atomic E-state index is 6.60. The fourth-order valence-corrected chi connectivity index (χ4v) is 8.65. The Balaban J connectivity index is 1.32. The molecule has 4 heterocycles. The van der Waals surface area contributed by atoms with Crippen LogP contribution in [0.2, 0.25) is 0 Å². The fourth-order valence-electron chi connectivity index (χ4n) is 7.33. The van der Waals surface area contributed by atoms with E-state index in [1.54, 1.807) is 0 Å². The van der Waals surface area contributed by atoms with E-state index in [2.05, 4.69) is 143 Å². The van der Waals surface area contributed by atoms with Gasteiger partial charge in [0.05, 0.1) is 11.4 Å². The van der Waals surface area contributed by atoms with E-state index in [9.17, 15) is 0 Å². The molecule has 0 aliphatic carbocycles. The molecule has 0 saturated carbocycles. The van der Waals surface area contributed by atoms with E-state index in [1.165, 1.54) is 54.2 Å². The fraction of sp³-hybridized carbons (Fsp3) is 0. The maximum atomic E-state index is 6.60. The highest BCUT2D eigenvalue weighted by atomic mass is 32.1. The van der Waals surface area contributed by atoms with Gasteiger partial charge in [0.1, 0.15) is 5.58 Å². The minimum Gasteiger partial charge on any atom is -0.454 e. The minimum atomic E-state index is 0.126. The molecule has 0 radical (unpaired) electrons. The molecule has 0 saturated heterocycles. The van der Waals surface area contributed by atoms with Crippen molar-refractivity contribution in [3.05, 3.63) is 140 Å². The van der Waals surface area contributed by atoms with Gasteiger partial charge in [-0.1, -0.05) is 91.0 Å². The highest BCUT2D eigenvalue weighted by Crippen LogP contribution is 2.48. The number of fused-ring (bicyclic) bond motifs is 9. The molecule has 0 bridgehead atoms. The molecule has 0 N–H and O–H groups in total. The second kappa shape index (κ2) is 8.63. The minimum absolute atomic E-state index is 0.126. The number of hydrogen-bond donors (Lipinski definition) is 0. The van der Waals surface area contributed by atoms with Crippen molar-refractivity contribution >= 4 is 99.9 Å². The molecular weight excluding hydrogens is 543 g/mol. The van der Waals surface area contributed by atoms with Gasteiger partial charge in [-0.2, -0.15) is 0 Å². The number of rotatable bonds is 2. The maximum Gasteiger partial charge on any atom is 0.264 e. The molecule has 2 aliphatic heterocycles. The van der Waals surface area contributed by atoms with Crippen LogP contribution in [0.15, 0.2) is 144 Å². The summed E-state index contributed by atoms with van der Waals surface area (Å²) >= 11 is 1.92. The summed E-state index contributed by atoms with van der Waals surface area (Å²) in [5, 5.41) is 3.58. The first-order chi connectivity index (χ1) is 21.4. The first kappa shape index (κ1) is 23.3. The van der Waals surface area contributed by atoms with Crippen LogP contribution in [-0.2, 0) is 0 Å². The average Bonchev–Trinajstić information content (AvgIpc) is 3.64. The number of thiophene rings is 1. The predicted octanol–water partition coefficient (Wildman–Crippen LogP) is 8.88. The van der Waals surface area contributed by atoms with Crippen molar-refractivity contribution in [3.63, 3.8) is 0 Å². The van der Waals surface area contributed by atoms with Crippen LogP contribution in [0.4, 0.5) is 34.1 Å². The van der Waals surface area contributed by atoms with Gasteiger partial charge >= 0.3 is 0 Å². The van der Waals surface area contributed by atoms with Crippen molar-refractivity contribution in [2.45, 2.75) is 0 Å². The largest absolute Gasteiger partial charge is 0.454 e. The Hall–Kier alpha value is -5.26. The third-order valence-corrected chi connectivity index (χ3v) is 10.3. The van der Waals surface area contributed by atoms with Crippen molar-refractivity contribution in [2.75, 3.05) is 9.80 Å². The summed E-state index contributed by atoms with van der Waals surface area (Å²) in [7, 11) is 0. The van der Waals surface area contributed by atoms with E-state index in [0.29, 0.717) is 0 Å². The molecule has 8 aromatic rings. The van der Waals surface area contributed by atoms with E-state index in [1.807, 2.05) is 17.4 Å². The van der Waals surface area contributed by atoms with Gasteiger partial charge in [0.25, 0.3) is 6.71 Å². The van der Waals surface area contributed by atoms with Crippen LogP contribution in [0.5, 0.6) is 0 Å². The van der Waals surface area contributed by atoms with Gasteiger partial charge in [-0.15, -0.1) is 11.3 Å². The molecule has 3 nitrogen and oxygen atoms in total. The Morgan fingerprint density at radius 3 is 2.07 bits per heavy atom. The number of hydrogen-bond acceptors (Lipinski definition) is 4. The summed E-state index contributed by atoms with van der Waals surface area (Å²) in [6, 6.07) is 50.2. The summed E-state index contributed by atoms with van der Waals surface area (Å²) in [5.74, 6) is 0. The molecule has 43 heavy (non-hydrogen) atoms. The Morgan fingerprint density at radius 1 is 0.512 bits per heavy atom. The SMILES string of the molecule is c1ccc(N2c3cccc4c3B(c3ccccc3N4c3cccc4c3oc3ccccc34)c3sc4ccccc4c32)cc1. The van der Waals surface area contributed by atoms with Crippen LogP contribution in [0.25, 0.3) is 32.0 Å². The average molecular weight is 566 g/mol. The second-order valence-electron chi connectivity index (χ2n) is 11.3. The van der Waals surface area contributed by atoms with Gasteiger partial charge in [-0.05, 0) is 59.5 Å². The lowest BCUT2D eigenvalue weighted by atomic mass is 9.36. The molecule has 2 aromatic heterocycles. The van der Waals surface area contributed by atoms with Crippen molar-refractivity contribution in [2.24, 2.45) is 0 Å². The topological polar surface area (TPSA) is 19.6 Å². The first-order valence-electron chi connectivity index (χ1n) is 14.7. The monoisotopic (exact) mass is 566 g/mol. The van der Waals surface area contributed by atoms with Crippen molar-refractivity contribution in [1.29, 1.82) is 0 Å². The Kier molecular flexibility index (Phi) is 4.68. The molecule has 0 spiro atoms. The summed E-state index contributed by atoms with van der Waals surface area (Å²) < 4.78 is 9.30. The van der Waals surface area contributed by atoms with Crippen LogP contribution in [0.1, 0.15) is 0 Å². The molecular formula is C38H23BN2OS. The predicted molar refractivity (Wildman–Crippen MR) is 183 cm³/mol. The number of nitrogens with zero attached hydrogens (tertiary/aromatic N) is 2. The standard InChI is InChI=1S/C38H23BN2OS/c1-2-12-24(13-3-1)40-30-19-11-20-31-35(30)39(38-36(40)27-15-5-9-23-34(27)43-38)28-17-6-7-18-29(28)41(31)32-21-10-16-26-25-14-4-8-22-33(25)42-37(26)32/h1-23H. The number of benzene rings is 6. The molecule has 0 amide bonds. The summed E-state index contributed by atoms with van der Waals surface area (Å²) in [6.07, 6.45) is 0. The molecule has 0 atom stereocenters. The normalized spacial score (nSPS) is 13.4. The van der Waals surface area contributed by atoms with Gasteiger partial charge in [0.15, 0.2) is 5.58 Å². The summed E-state index contributed by atoms with van der Waals surface area (Å²) in [5.41, 5.74) is 11.6.